The average Bonchev–Trinajstić information content (AvgIpc) is 2.93. The molecule has 0 fully saturated rings. The number of aromatic nitrogens is 1. The van der Waals surface area contributed by atoms with Gasteiger partial charge in [-0.05, 0) is 25.0 Å². The van der Waals surface area contributed by atoms with E-state index in [0.717, 1.165) is 30.5 Å². The highest BCUT2D eigenvalue weighted by Gasteiger charge is 2.25. The molecule has 1 atom stereocenters. The topological polar surface area (TPSA) is 25.2 Å². The highest BCUT2D eigenvalue weighted by Crippen LogP contribution is 2.33. The molecule has 1 unspecified atom stereocenters. The number of unbranched alkanes of at least 4 members (excludes halogenated alkanes) is 1. The molecular weight excluding hydrogens is 272 g/mol. The number of Topliss-reactive ketones (excluding diaryl/α,β-unsaturated/α-hetero) is 1. The van der Waals surface area contributed by atoms with Crippen LogP contribution in [0.1, 0.15) is 44.7 Å². The molecule has 0 amide bonds. The highest BCUT2D eigenvalue weighted by atomic mass is 16.1. The molecular formula is C19H26N2O. The Bertz CT molecular complexity index is 614. The van der Waals surface area contributed by atoms with Gasteiger partial charge in [0.15, 0.2) is 0 Å². The quantitative estimate of drug-likeness (QED) is 0.765. The van der Waals surface area contributed by atoms with Crippen molar-refractivity contribution in [3.8, 4) is 11.1 Å². The second-order valence-electron chi connectivity index (χ2n) is 5.98. The number of carbonyl (C=O) groups is 1. The van der Waals surface area contributed by atoms with Gasteiger partial charge < -0.3 is 5.01 Å². The SMILES string of the molecule is CCCCC(C(C)=O)c1c(-c2ccccc2)ccn1N(C)C. The van der Waals surface area contributed by atoms with Crippen molar-refractivity contribution in [1.82, 2.24) is 4.68 Å². The van der Waals surface area contributed by atoms with E-state index in [-0.39, 0.29) is 11.7 Å². The van der Waals surface area contributed by atoms with Crippen LogP contribution in [0.15, 0.2) is 42.6 Å². The van der Waals surface area contributed by atoms with Crippen molar-refractivity contribution in [3.63, 3.8) is 0 Å². The van der Waals surface area contributed by atoms with Crippen molar-refractivity contribution in [2.45, 2.75) is 39.0 Å². The third-order valence-corrected chi connectivity index (χ3v) is 4.09. The minimum atomic E-state index is -0.0486. The number of hydrogen-bond donors (Lipinski definition) is 0. The van der Waals surface area contributed by atoms with Gasteiger partial charge in [0.25, 0.3) is 0 Å². The number of hydrogen-bond acceptors (Lipinski definition) is 2. The van der Waals surface area contributed by atoms with Gasteiger partial charge in [0.2, 0.25) is 0 Å². The third-order valence-electron chi connectivity index (χ3n) is 4.09. The molecule has 0 aliphatic heterocycles. The predicted octanol–water partition coefficient (Wildman–Crippen LogP) is 4.22. The van der Waals surface area contributed by atoms with E-state index in [2.05, 4.69) is 36.0 Å². The van der Waals surface area contributed by atoms with Crippen LogP contribution in [0.25, 0.3) is 11.1 Å². The molecule has 0 radical (unpaired) electrons. The van der Waals surface area contributed by atoms with Gasteiger partial charge in [-0.2, -0.15) is 0 Å². The summed E-state index contributed by atoms with van der Waals surface area (Å²) in [5.41, 5.74) is 3.43. The van der Waals surface area contributed by atoms with E-state index >= 15 is 0 Å². The molecule has 1 aromatic carbocycles. The van der Waals surface area contributed by atoms with E-state index in [4.69, 9.17) is 0 Å². The zero-order chi connectivity index (χ0) is 16.1. The number of benzene rings is 1. The summed E-state index contributed by atoms with van der Waals surface area (Å²) in [7, 11) is 4.02. The van der Waals surface area contributed by atoms with Gasteiger partial charge in [-0.3, -0.25) is 9.47 Å². The molecule has 3 nitrogen and oxygen atoms in total. The lowest BCUT2D eigenvalue weighted by Gasteiger charge is -2.24. The van der Waals surface area contributed by atoms with Gasteiger partial charge >= 0.3 is 0 Å². The van der Waals surface area contributed by atoms with E-state index in [1.165, 1.54) is 5.56 Å². The molecule has 2 rings (SSSR count). The fourth-order valence-electron chi connectivity index (χ4n) is 2.93. The fraction of sp³-hybridized carbons (Fsp3) is 0.421. The Labute approximate surface area is 133 Å². The van der Waals surface area contributed by atoms with Crippen LogP contribution >= 0.6 is 0 Å². The van der Waals surface area contributed by atoms with Crippen molar-refractivity contribution in [2.24, 2.45) is 0 Å². The summed E-state index contributed by atoms with van der Waals surface area (Å²) in [5.74, 6) is 0.194. The number of rotatable bonds is 7. The average molecular weight is 298 g/mol. The molecule has 0 saturated heterocycles. The van der Waals surface area contributed by atoms with Gasteiger partial charge in [0.1, 0.15) is 5.78 Å². The summed E-state index contributed by atoms with van der Waals surface area (Å²) in [6.07, 6.45) is 5.13. The molecule has 0 bridgehead atoms. The Morgan fingerprint density at radius 3 is 2.41 bits per heavy atom. The molecule has 1 aromatic heterocycles. The molecule has 0 aliphatic carbocycles. The molecule has 3 heteroatoms. The Kier molecular flexibility index (Phi) is 5.42. The van der Waals surface area contributed by atoms with Gasteiger partial charge in [0.05, 0.1) is 11.6 Å². The Hall–Kier alpha value is -2.03. The lowest BCUT2D eigenvalue weighted by Crippen LogP contribution is -2.28. The van der Waals surface area contributed by atoms with Gasteiger partial charge in [0, 0.05) is 25.9 Å². The number of nitrogens with zero attached hydrogens (tertiary/aromatic N) is 2. The summed E-state index contributed by atoms with van der Waals surface area (Å²) < 4.78 is 2.10. The fourth-order valence-corrected chi connectivity index (χ4v) is 2.93. The second kappa shape index (κ2) is 7.30. The summed E-state index contributed by atoms with van der Waals surface area (Å²) in [6, 6.07) is 12.4. The van der Waals surface area contributed by atoms with Gasteiger partial charge in [-0.15, -0.1) is 0 Å². The van der Waals surface area contributed by atoms with Crippen LogP contribution in [0.2, 0.25) is 0 Å². The van der Waals surface area contributed by atoms with Crippen LogP contribution in [0.3, 0.4) is 0 Å². The van der Waals surface area contributed by atoms with Crippen LogP contribution in [0, 0.1) is 0 Å². The summed E-state index contributed by atoms with van der Waals surface area (Å²) in [5, 5.41) is 2.03. The molecule has 0 N–H and O–H groups in total. The van der Waals surface area contributed by atoms with Crippen molar-refractivity contribution in [1.29, 1.82) is 0 Å². The molecule has 0 spiro atoms. The zero-order valence-electron chi connectivity index (χ0n) is 14.0. The predicted molar refractivity (Wildman–Crippen MR) is 92.9 cm³/mol. The van der Waals surface area contributed by atoms with Gasteiger partial charge in [-0.1, -0.05) is 50.1 Å². The van der Waals surface area contributed by atoms with Crippen LogP contribution in [0.4, 0.5) is 0 Å². The number of ketones is 1. The smallest absolute Gasteiger partial charge is 0.138 e. The second-order valence-corrected chi connectivity index (χ2v) is 5.98. The van der Waals surface area contributed by atoms with E-state index in [0.29, 0.717) is 0 Å². The minimum Gasteiger partial charge on any atom is -0.319 e. The normalized spacial score (nSPS) is 12.2. The van der Waals surface area contributed by atoms with Crippen molar-refractivity contribution in [2.75, 3.05) is 19.1 Å². The summed E-state index contributed by atoms with van der Waals surface area (Å²) >= 11 is 0. The Morgan fingerprint density at radius 2 is 1.86 bits per heavy atom. The van der Waals surface area contributed by atoms with Crippen molar-refractivity contribution < 1.29 is 4.79 Å². The standard InChI is InChI=1S/C19H26N2O/c1-5-6-12-17(15(2)22)19-18(13-14-21(19)20(3)4)16-10-8-7-9-11-16/h7-11,13-14,17H,5-6,12H2,1-4H3. The lowest BCUT2D eigenvalue weighted by molar-refractivity contribution is -0.118. The van der Waals surface area contributed by atoms with E-state index in [1.54, 1.807) is 6.92 Å². The van der Waals surface area contributed by atoms with Crippen LogP contribution in [-0.2, 0) is 4.79 Å². The first kappa shape index (κ1) is 16.3. The first-order chi connectivity index (χ1) is 10.6. The van der Waals surface area contributed by atoms with E-state index in [1.807, 2.05) is 37.3 Å². The third kappa shape index (κ3) is 3.41. The minimum absolute atomic E-state index is 0.0486. The molecule has 22 heavy (non-hydrogen) atoms. The molecule has 2 aromatic rings. The van der Waals surface area contributed by atoms with Crippen LogP contribution in [-0.4, -0.2) is 24.6 Å². The van der Waals surface area contributed by atoms with Crippen molar-refractivity contribution >= 4 is 5.78 Å². The lowest BCUT2D eigenvalue weighted by atomic mass is 9.90. The van der Waals surface area contributed by atoms with E-state index < -0.39 is 0 Å². The Balaban J connectivity index is 2.54. The summed E-state index contributed by atoms with van der Waals surface area (Å²) in [4.78, 5) is 12.3. The molecule has 0 saturated carbocycles. The maximum atomic E-state index is 12.3. The Morgan fingerprint density at radius 1 is 1.18 bits per heavy atom. The largest absolute Gasteiger partial charge is 0.319 e. The summed E-state index contributed by atoms with van der Waals surface area (Å²) in [6.45, 7) is 3.88. The molecule has 1 heterocycles. The van der Waals surface area contributed by atoms with E-state index in [9.17, 15) is 4.79 Å². The van der Waals surface area contributed by atoms with Crippen LogP contribution < -0.4 is 5.01 Å². The maximum absolute atomic E-state index is 12.3. The first-order valence-corrected chi connectivity index (χ1v) is 8.01. The molecule has 118 valence electrons. The zero-order valence-corrected chi connectivity index (χ0v) is 14.0. The number of carbonyl (C=O) groups excluding carboxylic acids is 1. The van der Waals surface area contributed by atoms with Crippen LogP contribution in [0.5, 0.6) is 0 Å². The maximum Gasteiger partial charge on any atom is 0.138 e. The molecule has 0 aliphatic rings. The van der Waals surface area contributed by atoms with Gasteiger partial charge in [-0.25, -0.2) is 0 Å². The first-order valence-electron chi connectivity index (χ1n) is 8.01. The highest BCUT2D eigenvalue weighted by molar-refractivity contribution is 5.86. The van der Waals surface area contributed by atoms with Crippen molar-refractivity contribution in [3.05, 3.63) is 48.3 Å². The monoisotopic (exact) mass is 298 g/mol.